The Morgan fingerprint density at radius 2 is 2.00 bits per heavy atom. The standard InChI is InChI=1S/C22H30O4/c1-20-9-5-15(23)13-14(20)3-4-16-17(20)6-10-21(2)18(16)7-11-22(21,26)12-8-19(24)25/h6,10,13,16-18,26H,3-5,7-9,11-12H2,1-2H3,(H,24,25)/t16-,17+,18+,20+,21+,22-/m1/s1. The van der Waals surface area contributed by atoms with Gasteiger partial charge in [0.25, 0.3) is 0 Å². The predicted octanol–water partition coefficient (Wildman–Crippen LogP) is 3.89. The van der Waals surface area contributed by atoms with Gasteiger partial charge in [-0.1, -0.05) is 31.6 Å². The molecular weight excluding hydrogens is 328 g/mol. The van der Waals surface area contributed by atoms with Crippen LogP contribution >= 0.6 is 0 Å². The van der Waals surface area contributed by atoms with E-state index in [4.69, 9.17) is 5.11 Å². The van der Waals surface area contributed by atoms with Crippen LogP contribution in [0.3, 0.4) is 0 Å². The maximum absolute atomic E-state index is 11.9. The van der Waals surface area contributed by atoms with Gasteiger partial charge in [0, 0.05) is 18.3 Å². The van der Waals surface area contributed by atoms with Crippen LogP contribution < -0.4 is 0 Å². The molecule has 4 rings (SSSR count). The summed E-state index contributed by atoms with van der Waals surface area (Å²) in [7, 11) is 0. The van der Waals surface area contributed by atoms with E-state index in [0.29, 0.717) is 37.0 Å². The number of carbonyl (C=O) groups excluding carboxylic acids is 1. The highest BCUT2D eigenvalue weighted by Crippen LogP contribution is 2.65. The second-order valence-corrected chi connectivity index (χ2v) is 9.49. The molecule has 2 fully saturated rings. The van der Waals surface area contributed by atoms with Gasteiger partial charge in [-0.05, 0) is 67.8 Å². The smallest absolute Gasteiger partial charge is 0.303 e. The summed E-state index contributed by atoms with van der Waals surface area (Å²) in [6.07, 6.45) is 12.0. The molecule has 26 heavy (non-hydrogen) atoms. The van der Waals surface area contributed by atoms with E-state index in [1.54, 1.807) is 0 Å². The quantitative estimate of drug-likeness (QED) is 0.751. The number of fused-ring (bicyclic) bond motifs is 5. The highest BCUT2D eigenvalue weighted by molar-refractivity contribution is 5.91. The van der Waals surface area contributed by atoms with Crippen LogP contribution in [0.2, 0.25) is 0 Å². The van der Waals surface area contributed by atoms with Gasteiger partial charge in [0.1, 0.15) is 0 Å². The molecule has 0 aromatic heterocycles. The van der Waals surface area contributed by atoms with Crippen molar-refractivity contribution in [2.24, 2.45) is 28.6 Å². The number of carboxylic acids is 1. The Kier molecular flexibility index (Phi) is 4.00. The highest BCUT2D eigenvalue weighted by atomic mass is 16.4. The fourth-order valence-electron chi connectivity index (χ4n) is 6.75. The van der Waals surface area contributed by atoms with Gasteiger partial charge >= 0.3 is 5.97 Å². The number of hydrogen-bond donors (Lipinski definition) is 2. The number of hydrogen-bond acceptors (Lipinski definition) is 3. The Bertz CT molecular complexity index is 707. The van der Waals surface area contributed by atoms with Crippen LogP contribution in [-0.4, -0.2) is 27.6 Å². The Morgan fingerprint density at radius 1 is 1.23 bits per heavy atom. The molecule has 4 heteroatoms. The molecule has 0 aromatic rings. The van der Waals surface area contributed by atoms with Crippen LogP contribution in [0.25, 0.3) is 0 Å². The molecule has 4 aliphatic rings. The van der Waals surface area contributed by atoms with Gasteiger partial charge in [0.2, 0.25) is 0 Å². The van der Waals surface area contributed by atoms with Gasteiger partial charge in [-0.15, -0.1) is 0 Å². The first kappa shape index (κ1) is 18.0. The molecule has 4 nitrogen and oxygen atoms in total. The number of carboxylic acid groups (broad SMARTS) is 1. The minimum Gasteiger partial charge on any atom is -0.481 e. The van der Waals surface area contributed by atoms with E-state index in [1.807, 2.05) is 6.08 Å². The number of carbonyl (C=O) groups is 2. The van der Waals surface area contributed by atoms with Crippen molar-refractivity contribution in [2.45, 2.75) is 70.8 Å². The highest BCUT2D eigenvalue weighted by Gasteiger charge is 2.61. The largest absolute Gasteiger partial charge is 0.481 e. The topological polar surface area (TPSA) is 74.6 Å². The zero-order chi connectivity index (χ0) is 18.7. The molecule has 0 heterocycles. The lowest BCUT2D eigenvalue weighted by Gasteiger charge is -2.56. The molecule has 2 saturated carbocycles. The van der Waals surface area contributed by atoms with E-state index >= 15 is 0 Å². The molecule has 0 amide bonds. The minimum absolute atomic E-state index is 0.0213. The molecule has 6 atom stereocenters. The van der Waals surface area contributed by atoms with Crippen LogP contribution in [0, 0.1) is 28.6 Å². The first-order chi connectivity index (χ1) is 12.2. The van der Waals surface area contributed by atoms with Crippen LogP contribution in [0.1, 0.15) is 65.2 Å². The monoisotopic (exact) mass is 358 g/mol. The summed E-state index contributed by atoms with van der Waals surface area (Å²) >= 11 is 0. The first-order valence-corrected chi connectivity index (χ1v) is 10.1. The van der Waals surface area contributed by atoms with E-state index in [1.165, 1.54) is 5.57 Å². The lowest BCUT2D eigenvalue weighted by atomic mass is 9.49. The van der Waals surface area contributed by atoms with Gasteiger partial charge in [-0.2, -0.15) is 0 Å². The number of rotatable bonds is 3. The van der Waals surface area contributed by atoms with Crippen molar-refractivity contribution in [1.82, 2.24) is 0 Å². The average Bonchev–Trinajstić information content (AvgIpc) is 2.86. The molecular formula is C22H30O4. The molecule has 0 aromatic carbocycles. The van der Waals surface area contributed by atoms with E-state index in [0.717, 1.165) is 25.7 Å². The minimum atomic E-state index is -0.920. The lowest BCUT2D eigenvalue weighted by Crippen LogP contribution is -2.52. The van der Waals surface area contributed by atoms with Crippen molar-refractivity contribution in [1.29, 1.82) is 0 Å². The third kappa shape index (κ3) is 2.37. The Hall–Kier alpha value is -1.42. The summed E-state index contributed by atoms with van der Waals surface area (Å²) in [5.41, 5.74) is 0.126. The molecule has 0 radical (unpaired) electrons. The zero-order valence-electron chi connectivity index (χ0n) is 15.8. The number of aliphatic hydroxyl groups is 1. The fourth-order valence-corrected chi connectivity index (χ4v) is 6.75. The molecule has 4 aliphatic carbocycles. The van der Waals surface area contributed by atoms with Crippen LogP contribution in [0.4, 0.5) is 0 Å². The van der Waals surface area contributed by atoms with Crippen LogP contribution in [-0.2, 0) is 9.59 Å². The van der Waals surface area contributed by atoms with E-state index < -0.39 is 11.6 Å². The third-order valence-electron chi connectivity index (χ3n) is 8.46. The van der Waals surface area contributed by atoms with Gasteiger partial charge in [-0.25, -0.2) is 0 Å². The summed E-state index contributed by atoms with van der Waals surface area (Å²) in [6.45, 7) is 4.46. The summed E-state index contributed by atoms with van der Waals surface area (Å²) in [4.78, 5) is 22.9. The Labute approximate surface area is 155 Å². The summed E-state index contributed by atoms with van der Waals surface area (Å²) in [5, 5.41) is 20.4. The summed E-state index contributed by atoms with van der Waals surface area (Å²) in [5.74, 6) is 0.765. The maximum Gasteiger partial charge on any atom is 0.303 e. The van der Waals surface area contributed by atoms with Gasteiger partial charge in [0.05, 0.1) is 5.60 Å². The SMILES string of the molecule is C[C@]12CCC(=O)C=C1CC[C@@H]1[C@@H]2C=C[C@@]2(C)[C@H]1CC[C@@]2(O)CCC(=O)O. The second kappa shape index (κ2) is 5.79. The van der Waals surface area contributed by atoms with E-state index in [2.05, 4.69) is 26.0 Å². The fraction of sp³-hybridized carbons (Fsp3) is 0.727. The van der Waals surface area contributed by atoms with Crippen molar-refractivity contribution in [2.75, 3.05) is 0 Å². The molecule has 0 bridgehead atoms. The van der Waals surface area contributed by atoms with Crippen molar-refractivity contribution in [3.8, 4) is 0 Å². The lowest BCUT2D eigenvalue weighted by molar-refractivity contribution is -0.140. The second-order valence-electron chi connectivity index (χ2n) is 9.49. The van der Waals surface area contributed by atoms with Crippen LogP contribution in [0.5, 0.6) is 0 Å². The molecule has 0 unspecified atom stereocenters. The van der Waals surface area contributed by atoms with Gasteiger partial charge in [0.15, 0.2) is 5.78 Å². The molecule has 0 saturated heterocycles. The third-order valence-corrected chi connectivity index (χ3v) is 8.46. The zero-order valence-corrected chi connectivity index (χ0v) is 15.8. The molecule has 0 aliphatic heterocycles. The number of ketones is 1. The summed E-state index contributed by atoms with van der Waals surface area (Å²) < 4.78 is 0. The van der Waals surface area contributed by atoms with Crippen molar-refractivity contribution in [3.63, 3.8) is 0 Å². The summed E-state index contributed by atoms with van der Waals surface area (Å²) in [6, 6.07) is 0. The van der Waals surface area contributed by atoms with E-state index in [-0.39, 0.29) is 23.0 Å². The number of allylic oxidation sites excluding steroid dienone is 3. The van der Waals surface area contributed by atoms with Gasteiger partial charge in [-0.3, -0.25) is 9.59 Å². The predicted molar refractivity (Wildman–Crippen MR) is 98.4 cm³/mol. The van der Waals surface area contributed by atoms with E-state index in [9.17, 15) is 14.7 Å². The number of aliphatic carboxylic acids is 1. The first-order valence-electron chi connectivity index (χ1n) is 10.1. The maximum atomic E-state index is 11.9. The van der Waals surface area contributed by atoms with Crippen LogP contribution in [0.15, 0.2) is 23.8 Å². The van der Waals surface area contributed by atoms with Crippen molar-refractivity contribution < 1.29 is 19.8 Å². The molecule has 0 spiro atoms. The average molecular weight is 358 g/mol. The van der Waals surface area contributed by atoms with Gasteiger partial charge < -0.3 is 10.2 Å². The molecule has 2 N–H and O–H groups in total. The van der Waals surface area contributed by atoms with Crippen molar-refractivity contribution >= 4 is 11.8 Å². The Balaban J connectivity index is 1.67. The normalized spacial score (nSPS) is 47.0. The Morgan fingerprint density at radius 3 is 2.73 bits per heavy atom. The van der Waals surface area contributed by atoms with Crippen molar-refractivity contribution in [3.05, 3.63) is 23.8 Å². The molecule has 142 valence electrons.